The molecule has 0 amide bonds. The Balaban J connectivity index is 2.02. The van der Waals surface area contributed by atoms with Gasteiger partial charge in [0.1, 0.15) is 11.3 Å². The number of nitrogens with two attached hydrogens (primary N) is 1. The molecule has 0 radical (unpaired) electrons. The summed E-state index contributed by atoms with van der Waals surface area (Å²) in [7, 11) is 0. The van der Waals surface area contributed by atoms with Gasteiger partial charge >= 0.3 is 0 Å². The number of hydrogen-bond acceptors (Lipinski definition) is 4. The minimum Gasteiger partial charge on any atom is -0.455 e. The van der Waals surface area contributed by atoms with Crippen molar-refractivity contribution in [1.29, 1.82) is 0 Å². The van der Waals surface area contributed by atoms with Gasteiger partial charge in [0.25, 0.3) is 0 Å². The minimum absolute atomic E-state index is 0.486. The second-order valence-corrected chi connectivity index (χ2v) is 5.20. The van der Waals surface area contributed by atoms with Crippen LogP contribution < -0.4 is 10.5 Å². The Bertz CT molecular complexity index is 761. The molecule has 2 aromatic heterocycles. The van der Waals surface area contributed by atoms with Gasteiger partial charge in [-0.2, -0.15) is 0 Å². The zero-order chi connectivity index (χ0) is 13.9. The number of rotatable bonds is 3. The highest BCUT2D eigenvalue weighted by Gasteiger charge is 2.06. The maximum absolute atomic E-state index is 5.90. The molecule has 4 nitrogen and oxygen atoms in total. The van der Waals surface area contributed by atoms with Crippen molar-refractivity contribution in [1.82, 2.24) is 9.97 Å². The van der Waals surface area contributed by atoms with Crippen molar-refractivity contribution < 1.29 is 4.74 Å². The SMILES string of the molecule is NCc1cccc(Oc2ccnc3cc(Br)cnc23)c1. The number of halogens is 1. The molecule has 0 aliphatic rings. The molecule has 0 unspecified atom stereocenters. The normalized spacial score (nSPS) is 10.7. The molecule has 100 valence electrons. The standard InChI is InChI=1S/C15H12BrN3O/c16-11-7-13-15(19-9-11)14(4-5-18-13)20-12-3-1-2-10(6-12)8-17/h1-7,9H,8,17H2. The minimum atomic E-state index is 0.486. The number of pyridine rings is 2. The van der Waals surface area contributed by atoms with Gasteiger partial charge in [0.15, 0.2) is 5.75 Å². The van der Waals surface area contributed by atoms with E-state index >= 15 is 0 Å². The second-order valence-electron chi connectivity index (χ2n) is 4.28. The third-order valence-corrected chi connectivity index (χ3v) is 3.30. The van der Waals surface area contributed by atoms with E-state index in [9.17, 15) is 0 Å². The number of benzene rings is 1. The van der Waals surface area contributed by atoms with E-state index in [0.717, 1.165) is 26.8 Å². The quantitative estimate of drug-likeness (QED) is 0.796. The molecule has 0 spiro atoms. The molecular weight excluding hydrogens is 318 g/mol. The first kappa shape index (κ1) is 13.0. The van der Waals surface area contributed by atoms with Crippen LogP contribution in [0.4, 0.5) is 0 Å². The summed E-state index contributed by atoms with van der Waals surface area (Å²) < 4.78 is 6.79. The van der Waals surface area contributed by atoms with E-state index in [-0.39, 0.29) is 0 Å². The van der Waals surface area contributed by atoms with Crippen molar-refractivity contribution >= 4 is 27.0 Å². The van der Waals surface area contributed by atoms with Crippen molar-refractivity contribution in [2.24, 2.45) is 5.73 Å². The Morgan fingerprint density at radius 1 is 1.15 bits per heavy atom. The molecule has 0 fully saturated rings. The van der Waals surface area contributed by atoms with Gasteiger partial charge in [0.05, 0.1) is 5.52 Å². The topological polar surface area (TPSA) is 61.0 Å². The van der Waals surface area contributed by atoms with Crippen molar-refractivity contribution in [3.8, 4) is 11.5 Å². The van der Waals surface area contributed by atoms with Gasteiger partial charge in [-0.3, -0.25) is 4.98 Å². The highest BCUT2D eigenvalue weighted by molar-refractivity contribution is 9.10. The first-order valence-electron chi connectivity index (χ1n) is 6.13. The van der Waals surface area contributed by atoms with Crippen LogP contribution in [0.3, 0.4) is 0 Å². The van der Waals surface area contributed by atoms with Gasteiger partial charge in [0.2, 0.25) is 0 Å². The molecule has 0 atom stereocenters. The lowest BCUT2D eigenvalue weighted by molar-refractivity contribution is 0.486. The molecule has 0 saturated carbocycles. The number of aromatic nitrogens is 2. The first-order chi connectivity index (χ1) is 9.76. The van der Waals surface area contributed by atoms with Crippen LogP contribution in [0.25, 0.3) is 11.0 Å². The van der Waals surface area contributed by atoms with E-state index < -0.39 is 0 Å². The summed E-state index contributed by atoms with van der Waals surface area (Å²) >= 11 is 3.39. The Hall–Kier alpha value is -1.98. The van der Waals surface area contributed by atoms with Crippen LogP contribution in [0.2, 0.25) is 0 Å². The maximum atomic E-state index is 5.90. The number of ether oxygens (including phenoxy) is 1. The molecule has 1 aromatic carbocycles. The van der Waals surface area contributed by atoms with E-state index in [1.54, 1.807) is 18.5 Å². The highest BCUT2D eigenvalue weighted by atomic mass is 79.9. The summed E-state index contributed by atoms with van der Waals surface area (Å²) in [5.74, 6) is 1.42. The van der Waals surface area contributed by atoms with Gasteiger partial charge in [0, 0.05) is 29.5 Å². The van der Waals surface area contributed by atoms with Crippen molar-refractivity contribution in [2.45, 2.75) is 6.54 Å². The molecule has 5 heteroatoms. The van der Waals surface area contributed by atoms with Gasteiger partial charge in [-0.1, -0.05) is 12.1 Å². The van der Waals surface area contributed by atoms with Crippen molar-refractivity contribution in [2.75, 3.05) is 0 Å². The van der Waals surface area contributed by atoms with Crippen molar-refractivity contribution in [3.05, 3.63) is 58.8 Å². The zero-order valence-electron chi connectivity index (χ0n) is 10.6. The van der Waals surface area contributed by atoms with Crippen LogP contribution in [-0.2, 0) is 6.54 Å². The van der Waals surface area contributed by atoms with E-state index in [2.05, 4.69) is 25.9 Å². The van der Waals surface area contributed by atoms with Crippen LogP contribution in [0.5, 0.6) is 11.5 Å². The van der Waals surface area contributed by atoms with E-state index in [1.165, 1.54) is 0 Å². The molecule has 0 saturated heterocycles. The molecule has 0 bridgehead atoms. The van der Waals surface area contributed by atoms with Crippen molar-refractivity contribution in [3.63, 3.8) is 0 Å². The summed E-state index contributed by atoms with van der Waals surface area (Å²) in [6.07, 6.45) is 3.44. The lowest BCUT2D eigenvalue weighted by Gasteiger charge is -2.09. The van der Waals surface area contributed by atoms with Gasteiger partial charge in [-0.25, -0.2) is 4.98 Å². The van der Waals surface area contributed by atoms with Gasteiger partial charge < -0.3 is 10.5 Å². The van der Waals surface area contributed by atoms with Gasteiger partial charge in [-0.15, -0.1) is 0 Å². The molecule has 3 aromatic rings. The Labute approximate surface area is 124 Å². The van der Waals surface area contributed by atoms with Crippen LogP contribution in [0.1, 0.15) is 5.56 Å². The van der Waals surface area contributed by atoms with E-state index in [0.29, 0.717) is 12.3 Å². The molecule has 3 rings (SSSR count). The molecular formula is C15H12BrN3O. The van der Waals surface area contributed by atoms with Gasteiger partial charge in [-0.05, 0) is 39.7 Å². The Morgan fingerprint density at radius 3 is 2.90 bits per heavy atom. The summed E-state index contributed by atoms with van der Waals surface area (Å²) in [5, 5.41) is 0. The van der Waals surface area contributed by atoms with E-state index in [1.807, 2.05) is 30.3 Å². The summed E-state index contributed by atoms with van der Waals surface area (Å²) in [6, 6.07) is 11.4. The largest absolute Gasteiger partial charge is 0.455 e. The third-order valence-electron chi connectivity index (χ3n) is 2.87. The van der Waals surface area contributed by atoms with E-state index in [4.69, 9.17) is 10.5 Å². The fraction of sp³-hybridized carbons (Fsp3) is 0.0667. The summed E-state index contributed by atoms with van der Waals surface area (Å²) in [4.78, 5) is 8.65. The highest BCUT2D eigenvalue weighted by Crippen LogP contribution is 2.28. The summed E-state index contributed by atoms with van der Waals surface area (Å²) in [5.41, 5.74) is 8.18. The Kier molecular flexibility index (Phi) is 3.62. The molecule has 0 aliphatic heterocycles. The predicted octanol–water partition coefficient (Wildman–Crippen LogP) is 3.64. The average Bonchev–Trinajstić information content (AvgIpc) is 2.47. The zero-order valence-corrected chi connectivity index (χ0v) is 12.2. The average molecular weight is 330 g/mol. The van der Waals surface area contributed by atoms with Crippen LogP contribution >= 0.6 is 15.9 Å². The molecule has 20 heavy (non-hydrogen) atoms. The maximum Gasteiger partial charge on any atom is 0.156 e. The number of fused-ring (bicyclic) bond motifs is 1. The van der Waals surface area contributed by atoms with Crippen LogP contribution in [0.15, 0.2) is 53.3 Å². The van der Waals surface area contributed by atoms with Crippen LogP contribution in [0, 0.1) is 0 Å². The smallest absolute Gasteiger partial charge is 0.156 e. The second kappa shape index (κ2) is 5.56. The Morgan fingerprint density at radius 2 is 2.05 bits per heavy atom. The predicted molar refractivity (Wildman–Crippen MR) is 81.6 cm³/mol. The monoisotopic (exact) mass is 329 g/mol. The molecule has 2 heterocycles. The number of hydrogen-bond donors (Lipinski definition) is 1. The lowest BCUT2D eigenvalue weighted by atomic mass is 10.2. The lowest BCUT2D eigenvalue weighted by Crippen LogP contribution is -1.96. The molecule has 2 N–H and O–H groups in total. The summed E-state index contributed by atoms with van der Waals surface area (Å²) in [6.45, 7) is 0.486. The fourth-order valence-corrected chi connectivity index (χ4v) is 2.25. The number of nitrogens with zero attached hydrogens (tertiary/aromatic N) is 2. The van der Waals surface area contributed by atoms with Crippen LogP contribution in [-0.4, -0.2) is 9.97 Å². The fourth-order valence-electron chi connectivity index (χ4n) is 1.93. The first-order valence-corrected chi connectivity index (χ1v) is 6.93. The molecule has 0 aliphatic carbocycles. The third kappa shape index (κ3) is 2.64.